The first-order valence-corrected chi connectivity index (χ1v) is 11.9. The number of carbonyl (C=O) groups excluding carboxylic acids is 1. The van der Waals surface area contributed by atoms with Gasteiger partial charge in [0.05, 0.1) is 10.9 Å². The maximum atomic E-state index is 13.5. The molecule has 156 valence electrons. The quantitative estimate of drug-likeness (QED) is 0.733. The van der Waals surface area contributed by atoms with Crippen LogP contribution in [0.2, 0.25) is 0 Å². The number of fused-ring (bicyclic) bond motifs is 1. The molecule has 29 heavy (non-hydrogen) atoms. The Balaban J connectivity index is 1.43. The summed E-state index contributed by atoms with van der Waals surface area (Å²) in [5, 5.41) is 2.05. The maximum absolute atomic E-state index is 13.5. The first-order chi connectivity index (χ1) is 13.8. The van der Waals surface area contributed by atoms with Gasteiger partial charge in [-0.25, -0.2) is 17.2 Å². The molecule has 1 aromatic carbocycles. The number of piperidine rings is 1. The van der Waals surface area contributed by atoms with Crippen LogP contribution in [0.15, 0.2) is 34.5 Å². The van der Waals surface area contributed by atoms with E-state index in [1.54, 1.807) is 11.3 Å². The summed E-state index contributed by atoms with van der Waals surface area (Å²) in [6, 6.07) is 4.69. The van der Waals surface area contributed by atoms with Crippen LogP contribution in [0, 0.1) is 17.6 Å². The van der Waals surface area contributed by atoms with E-state index in [1.807, 2.05) is 11.8 Å². The van der Waals surface area contributed by atoms with Crippen molar-refractivity contribution in [1.82, 2.24) is 9.21 Å². The third-order valence-corrected chi connectivity index (χ3v) is 8.78. The van der Waals surface area contributed by atoms with Crippen molar-refractivity contribution in [3.8, 4) is 0 Å². The van der Waals surface area contributed by atoms with Gasteiger partial charge in [-0.15, -0.1) is 11.3 Å². The zero-order valence-corrected chi connectivity index (χ0v) is 17.6. The van der Waals surface area contributed by atoms with Crippen molar-refractivity contribution >= 4 is 27.3 Å². The van der Waals surface area contributed by atoms with Crippen LogP contribution in [-0.2, 0) is 21.2 Å². The number of halogens is 2. The molecule has 3 heterocycles. The largest absolute Gasteiger partial charge is 0.335 e. The van der Waals surface area contributed by atoms with E-state index in [-0.39, 0.29) is 35.9 Å². The fourth-order valence-corrected chi connectivity index (χ4v) is 6.62. The Bertz CT molecular complexity index is 1030. The molecule has 0 spiro atoms. The Morgan fingerprint density at radius 2 is 1.83 bits per heavy atom. The summed E-state index contributed by atoms with van der Waals surface area (Å²) < 4.78 is 53.3. The van der Waals surface area contributed by atoms with Gasteiger partial charge in [0.25, 0.3) is 0 Å². The number of sulfonamides is 1. The number of rotatable bonds is 3. The fraction of sp³-hybridized carbons (Fsp3) is 0.450. The molecule has 2 aliphatic heterocycles. The van der Waals surface area contributed by atoms with E-state index < -0.39 is 21.7 Å². The first kappa shape index (κ1) is 20.4. The van der Waals surface area contributed by atoms with Gasteiger partial charge in [0.2, 0.25) is 15.9 Å². The minimum absolute atomic E-state index is 0.0291. The zero-order chi connectivity index (χ0) is 20.8. The predicted octanol–water partition coefficient (Wildman–Crippen LogP) is 3.57. The monoisotopic (exact) mass is 440 g/mol. The van der Waals surface area contributed by atoms with Gasteiger partial charge in [-0.2, -0.15) is 4.31 Å². The molecule has 9 heteroatoms. The fourth-order valence-electron chi connectivity index (χ4n) is 4.17. The van der Waals surface area contributed by atoms with Crippen molar-refractivity contribution in [3.05, 3.63) is 51.7 Å². The lowest BCUT2D eigenvalue weighted by Gasteiger charge is -2.38. The van der Waals surface area contributed by atoms with Gasteiger partial charge in [-0.3, -0.25) is 4.79 Å². The summed E-state index contributed by atoms with van der Waals surface area (Å²) in [5.74, 6) is -2.44. The molecule has 2 aromatic rings. The molecule has 1 saturated heterocycles. The Kier molecular flexibility index (Phi) is 5.48. The molecule has 0 N–H and O–H groups in total. The maximum Gasteiger partial charge on any atom is 0.243 e. The molecule has 0 radical (unpaired) electrons. The number of hydrogen-bond acceptors (Lipinski definition) is 4. The number of nitrogens with zero attached hydrogens (tertiary/aromatic N) is 2. The number of hydrogen-bond donors (Lipinski definition) is 0. The van der Waals surface area contributed by atoms with Gasteiger partial charge < -0.3 is 4.90 Å². The number of carbonyl (C=O) groups is 1. The molecule has 5 nitrogen and oxygen atoms in total. The van der Waals surface area contributed by atoms with Crippen LogP contribution in [0.25, 0.3) is 0 Å². The highest BCUT2D eigenvalue weighted by Gasteiger charge is 2.37. The summed E-state index contributed by atoms with van der Waals surface area (Å²) in [5.41, 5.74) is 1.20. The van der Waals surface area contributed by atoms with Crippen molar-refractivity contribution in [2.45, 2.75) is 37.1 Å². The SMILES string of the molecule is C[C@@H]1c2ccsc2CCN1C(=O)C1CCN(S(=O)(=O)c2ccc(F)c(F)c2)CC1. The first-order valence-electron chi connectivity index (χ1n) is 9.61. The lowest BCUT2D eigenvalue weighted by molar-refractivity contribution is -0.139. The number of amides is 1. The van der Waals surface area contributed by atoms with Crippen molar-refractivity contribution in [2.75, 3.05) is 19.6 Å². The van der Waals surface area contributed by atoms with Crippen LogP contribution in [0.3, 0.4) is 0 Å². The molecule has 0 aliphatic carbocycles. The highest BCUT2D eigenvalue weighted by molar-refractivity contribution is 7.89. The van der Waals surface area contributed by atoms with Crippen molar-refractivity contribution in [2.24, 2.45) is 5.92 Å². The second-order valence-corrected chi connectivity index (χ2v) is 10.4. The van der Waals surface area contributed by atoms with Gasteiger partial charge in [-0.1, -0.05) is 0 Å². The summed E-state index contributed by atoms with van der Waals surface area (Å²) in [6.45, 7) is 3.08. The molecular formula is C20H22F2N2O3S2. The van der Waals surface area contributed by atoms with Crippen LogP contribution < -0.4 is 0 Å². The molecule has 1 fully saturated rings. The Labute approximate surface area is 173 Å². The van der Waals surface area contributed by atoms with Crippen LogP contribution in [0.1, 0.15) is 36.2 Å². The highest BCUT2D eigenvalue weighted by atomic mass is 32.2. The second kappa shape index (κ2) is 7.77. The normalized spacial score (nSPS) is 21.2. The summed E-state index contributed by atoms with van der Waals surface area (Å²) in [4.78, 5) is 16.0. The Morgan fingerprint density at radius 1 is 1.10 bits per heavy atom. The van der Waals surface area contributed by atoms with E-state index >= 15 is 0 Å². The number of thiophene rings is 1. The van der Waals surface area contributed by atoms with Crippen LogP contribution in [0.4, 0.5) is 8.78 Å². The van der Waals surface area contributed by atoms with Gasteiger partial charge in [-0.05, 0) is 61.4 Å². The molecule has 1 aromatic heterocycles. The Morgan fingerprint density at radius 3 is 2.52 bits per heavy atom. The minimum Gasteiger partial charge on any atom is -0.335 e. The standard InChI is InChI=1S/C20H22F2N2O3S2/c1-13-16-7-11-28-19(16)6-10-24(13)20(25)14-4-8-23(9-5-14)29(26,27)15-2-3-17(21)18(22)12-15/h2-3,7,11-14H,4-6,8-10H2,1H3/t13-/m1/s1. The average Bonchev–Trinajstić information content (AvgIpc) is 3.20. The summed E-state index contributed by atoms with van der Waals surface area (Å²) in [7, 11) is -3.92. The van der Waals surface area contributed by atoms with E-state index in [4.69, 9.17) is 0 Å². The lowest BCUT2D eigenvalue weighted by Crippen LogP contribution is -2.46. The van der Waals surface area contributed by atoms with Crippen molar-refractivity contribution < 1.29 is 22.0 Å². The van der Waals surface area contributed by atoms with Gasteiger partial charge in [0, 0.05) is 30.4 Å². The van der Waals surface area contributed by atoms with E-state index in [1.165, 1.54) is 14.7 Å². The molecule has 1 amide bonds. The van der Waals surface area contributed by atoms with Crippen LogP contribution in [0.5, 0.6) is 0 Å². The van der Waals surface area contributed by atoms with Gasteiger partial charge in [0.15, 0.2) is 11.6 Å². The molecule has 4 rings (SSSR count). The summed E-state index contributed by atoms with van der Waals surface area (Å²) in [6.07, 6.45) is 1.69. The van der Waals surface area contributed by atoms with Gasteiger partial charge >= 0.3 is 0 Å². The molecular weight excluding hydrogens is 418 g/mol. The Hall–Kier alpha value is -1.84. The average molecular weight is 441 g/mol. The van der Waals surface area contributed by atoms with E-state index in [0.717, 1.165) is 18.6 Å². The lowest BCUT2D eigenvalue weighted by atomic mass is 9.93. The zero-order valence-electron chi connectivity index (χ0n) is 16.0. The summed E-state index contributed by atoms with van der Waals surface area (Å²) >= 11 is 1.72. The molecule has 0 saturated carbocycles. The van der Waals surface area contributed by atoms with E-state index in [9.17, 15) is 22.0 Å². The molecule has 2 aliphatic rings. The molecule has 0 unspecified atom stereocenters. The predicted molar refractivity (Wildman–Crippen MR) is 106 cm³/mol. The molecule has 1 atom stereocenters. The van der Waals surface area contributed by atoms with Crippen LogP contribution >= 0.6 is 11.3 Å². The highest BCUT2D eigenvalue weighted by Crippen LogP contribution is 2.35. The smallest absolute Gasteiger partial charge is 0.243 e. The van der Waals surface area contributed by atoms with Crippen molar-refractivity contribution in [3.63, 3.8) is 0 Å². The second-order valence-electron chi connectivity index (χ2n) is 7.51. The number of benzene rings is 1. The third kappa shape index (κ3) is 3.71. The minimum atomic E-state index is -3.92. The van der Waals surface area contributed by atoms with E-state index in [0.29, 0.717) is 25.5 Å². The molecule has 0 bridgehead atoms. The van der Waals surface area contributed by atoms with Gasteiger partial charge in [0.1, 0.15) is 0 Å². The van der Waals surface area contributed by atoms with Crippen molar-refractivity contribution in [1.29, 1.82) is 0 Å². The topological polar surface area (TPSA) is 57.7 Å². The van der Waals surface area contributed by atoms with Crippen LogP contribution in [-0.4, -0.2) is 43.2 Å². The third-order valence-electron chi connectivity index (χ3n) is 5.89. The van der Waals surface area contributed by atoms with E-state index in [2.05, 4.69) is 11.4 Å².